The highest BCUT2D eigenvalue weighted by Crippen LogP contribution is 2.18. The molecule has 6 heteroatoms. The van der Waals surface area contributed by atoms with Gasteiger partial charge in [0.25, 0.3) is 0 Å². The van der Waals surface area contributed by atoms with Crippen molar-refractivity contribution in [2.24, 2.45) is 0 Å². The quantitative estimate of drug-likeness (QED) is 0.662. The Labute approximate surface area is 89.0 Å². The molecular formula is C8H14N2O2S2. The molecule has 2 aliphatic rings. The van der Waals surface area contributed by atoms with Gasteiger partial charge in [-0.25, -0.2) is 13.4 Å². The van der Waals surface area contributed by atoms with Gasteiger partial charge in [-0.15, -0.1) is 4.41 Å². The van der Waals surface area contributed by atoms with E-state index in [4.69, 9.17) is 0 Å². The van der Waals surface area contributed by atoms with Gasteiger partial charge in [0.05, 0.1) is 0 Å². The predicted molar refractivity (Wildman–Crippen MR) is 58.3 cm³/mol. The molecule has 2 heterocycles. The fraction of sp³-hybridized carbons (Fsp3) is 0.750. The molecule has 14 heavy (non-hydrogen) atoms. The van der Waals surface area contributed by atoms with Crippen molar-refractivity contribution in [2.75, 3.05) is 31.1 Å². The monoisotopic (exact) mass is 234 g/mol. The van der Waals surface area contributed by atoms with Crippen molar-refractivity contribution in [2.45, 2.75) is 6.42 Å². The predicted octanol–water partition coefficient (Wildman–Crippen LogP) is 0.499. The SMILES string of the molecule is O=S1(=O)C=CCCN1N1CCSCC1. The van der Waals surface area contributed by atoms with Crippen LogP contribution in [0.4, 0.5) is 0 Å². The minimum atomic E-state index is -3.15. The number of hydrogen-bond donors (Lipinski definition) is 0. The number of hydrazine groups is 1. The lowest BCUT2D eigenvalue weighted by Gasteiger charge is -2.36. The zero-order valence-electron chi connectivity index (χ0n) is 7.92. The van der Waals surface area contributed by atoms with Crippen LogP contribution in [0.2, 0.25) is 0 Å². The third-order valence-corrected chi connectivity index (χ3v) is 4.83. The van der Waals surface area contributed by atoms with Gasteiger partial charge in [0.15, 0.2) is 0 Å². The highest BCUT2D eigenvalue weighted by atomic mass is 32.2. The largest absolute Gasteiger partial charge is 0.248 e. The van der Waals surface area contributed by atoms with E-state index < -0.39 is 10.0 Å². The smallest absolute Gasteiger partial charge is 0.226 e. The Morgan fingerprint density at radius 2 is 1.86 bits per heavy atom. The second-order valence-corrected chi connectivity index (χ2v) is 6.27. The van der Waals surface area contributed by atoms with E-state index in [1.807, 2.05) is 16.8 Å². The molecule has 4 nitrogen and oxygen atoms in total. The fourth-order valence-electron chi connectivity index (χ4n) is 1.65. The fourth-order valence-corrected chi connectivity index (χ4v) is 3.90. The van der Waals surface area contributed by atoms with Gasteiger partial charge in [0.1, 0.15) is 0 Å². The third kappa shape index (κ3) is 2.13. The molecule has 2 aliphatic heterocycles. The highest BCUT2D eigenvalue weighted by Gasteiger charge is 2.28. The van der Waals surface area contributed by atoms with Crippen LogP contribution in [0.25, 0.3) is 0 Å². The molecule has 0 N–H and O–H groups in total. The molecule has 0 aliphatic carbocycles. The number of rotatable bonds is 1. The summed E-state index contributed by atoms with van der Waals surface area (Å²) in [7, 11) is -3.15. The van der Waals surface area contributed by atoms with Crippen LogP contribution >= 0.6 is 11.8 Å². The molecule has 1 fully saturated rings. The highest BCUT2D eigenvalue weighted by molar-refractivity contribution is 7.99. The molecule has 0 aromatic rings. The van der Waals surface area contributed by atoms with Gasteiger partial charge in [-0.05, 0) is 6.42 Å². The standard InChI is InChI=1S/C8H14N2O2S2/c11-14(12)8-2-1-3-10(14)9-4-6-13-7-5-9/h2,8H,1,3-7H2. The van der Waals surface area contributed by atoms with E-state index in [9.17, 15) is 8.42 Å². The van der Waals surface area contributed by atoms with E-state index in [1.165, 1.54) is 9.82 Å². The number of thioether (sulfide) groups is 1. The minimum Gasteiger partial charge on any atom is -0.226 e. The van der Waals surface area contributed by atoms with Crippen molar-refractivity contribution in [3.05, 3.63) is 11.5 Å². The Morgan fingerprint density at radius 1 is 1.14 bits per heavy atom. The first-order chi connectivity index (χ1) is 6.70. The molecule has 0 bridgehead atoms. The lowest BCUT2D eigenvalue weighted by atomic mass is 10.4. The van der Waals surface area contributed by atoms with Gasteiger partial charge < -0.3 is 0 Å². The Morgan fingerprint density at radius 3 is 2.50 bits per heavy atom. The van der Waals surface area contributed by atoms with E-state index in [0.717, 1.165) is 31.0 Å². The summed E-state index contributed by atoms with van der Waals surface area (Å²) in [5.74, 6) is 2.05. The van der Waals surface area contributed by atoms with Crippen LogP contribution in [0.3, 0.4) is 0 Å². The lowest BCUT2D eigenvalue weighted by Crippen LogP contribution is -2.50. The van der Waals surface area contributed by atoms with Crippen LogP contribution in [0, 0.1) is 0 Å². The average Bonchev–Trinajstić information content (AvgIpc) is 2.18. The van der Waals surface area contributed by atoms with Crippen LogP contribution in [0.5, 0.6) is 0 Å². The van der Waals surface area contributed by atoms with Crippen molar-refractivity contribution in [3.63, 3.8) is 0 Å². The molecule has 0 unspecified atom stereocenters. The van der Waals surface area contributed by atoms with Crippen LogP contribution in [0.1, 0.15) is 6.42 Å². The van der Waals surface area contributed by atoms with Crippen molar-refractivity contribution >= 4 is 21.8 Å². The third-order valence-electron chi connectivity index (χ3n) is 2.35. The maximum atomic E-state index is 11.7. The Kier molecular flexibility index (Phi) is 3.16. The molecule has 0 atom stereocenters. The first-order valence-electron chi connectivity index (χ1n) is 4.72. The Hall–Kier alpha value is -0.0400. The Bertz CT molecular complexity index is 320. The van der Waals surface area contributed by atoms with Crippen molar-refractivity contribution in [1.29, 1.82) is 0 Å². The topological polar surface area (TPSA) is 40.6 Å². The van der Waals surface area contributed by atoms with Crippen LogP contribution in [-0.2, 0) is 10.0 Å². The molecular weight excluding hydrogens is 220 g/mol. The lowest BCUT2D eigenvalue weighted by molar-refractivity contribution is 0.0732. The van der Waals surface area contributed by atoms with Crippen LogP contribution < -0.4 is 0 Å². The summed E-state index contributed by atoms with van der Waals surface area (Å²) in [6.07, 6.45) is 2.55. The molecule has 0 aromatic carbocycles. The normalized spacial score (nSPS) is 29.1. The molecule has 1 saturated heterocycles. The van der Waals surface area contributed by atoms with Crippen LogP contribution in [0.15, 0.2) is 11.5 Å². The van der Waals surface area contributed by atoms with Gasteiger partial charge in [0, 0.05) is 36.5 Å². The molecule has 0 spiro atoms. The summed E-state index contributed by atoms with van der Waals surface area (Å²) in [5, 5.41) is 3.27. The van der Waals surface area contributed by atoms with Crippen LogP contribution in [-0.4, -0.2) is 49.0 Å². The van der Waals surface area contributed by atoms with Gasteiger partial charge in [-0.1, -0.05) is 6.08 Å². The molecule has 0 saturated carbocycles. The zero-order valence-corrected chi connectivity index (χ0v) is 9.56. The van der Waals surface area contributed by atoms with Gasteiger partial charge >= 0.3 is 0 Å². The summed E-state index contributed by atoms with van der Waals surface area (Å²) in [5.41, 5.74) is 0. The van der Waals surface area contributed by atoms with Crippen molar-refractivity contribution < 1.29 is 8.42 Å². The molecule has 0 amide bonds. The molecule has 0 aromatic heterocycles. The molecule has 80 valence electrons. The Balaban J connectivity index is 2.12. The van der Waals surface area contributed by atoms with Crippen molar-refractivity contribution in [1.82, 2.24) is 9.42 Å². The summed E-state index contributed by atoms with van der Waals surface area (Å²) in [4.78, 5) is 0. The van der Waals surface area contributed by atoms with E-state index in [2.05, 4.69) is 0 Å². The second-order valence-electron chi connectivity index (χ2n) is 3.32. The van der Waals surface area contributed by atoms with E-state index in [-0.39, 0.29) is 0 Å². The minimum absolute atomic E-state index is 0.601. The number of nitrogens with zero attached hydrogens (tertiary/aromatic N) is 2. The van der Waals surface area contributed by atoms with E-state index >= 15 is 0 Å². The van der Waals surface area contributed by atoms with Gasteiger partial charge in [-0.3, -0.25) is 0 Å². The van der Waals surface area contributed by atoms with Gasteiger partial charge in [-0.2, -0.15) is 11.8 Å². The number of hydrogen-bond acceptors (Lipinski definition) is 4. The zero-order chi connectivity index (χ0) is 10.0. The summed E-state index contributed by atoms with van der Waals surface area (Å²) < 4.78 is 24.9. The average molecular weight is 234 g/mol. The van der Waals surface area contributed by atoms with E-state index in [0.29, 0.717) is 6.54 Å². The first-order valence-corrected chi connectivity index (χ1v) is 7.38. The maximum absolute atomic E-state index is 11.7. The van der Waals surface area contributed by atoms with Gasteiger partial charge in [0.2, 0.25) is 10.0 Å². The maximum Gasteiger partial charge on any atom is 0.248 e. The second kappa shape index (κ2) is 4.22. The summed E-state index contributed by atoms with van der Waals surface area (Å²) in [6, 6.07) is 0. The van der Waals surface area contributed by atoms with Crippen molar-refractivity contribution in [3.8, 4) is 0 Å². The molecule has 2 rings (SSSR count). The molecule has 0 radical (unpaired) electrons. The summed E-state index contributed by atoms with van der Waals surface area (Å²) >= 11 is 1.88. The first kappa shape index (κ1) is 10.5. The number of sulfonamides is 1. The summed E-state index contributed by atoms with van der Waals surface area (Å²) in [6.45, 7) is 2.29. The van der Waals surface area contributed by atoms with E-state index in [1.54, 1.807) is 6.08 Å².